The van der Waals surface area contributed by atoms with Crippen molar-refractivity contribution in [2.75, 3.05) is 0 Å². The Morgan fingerprint density at radius 3 is 1.51 bits per heavy atom. The predicted molar refractivity (Wildman–Crippen MR) is 334 cm³/mol. The van der Waals surface area contributed by atoms with Crippen molar-refractivity contribution in [3.63, 3.8) is 0 Å². The van der Waals surface area contributed by atoms with Gasteiger partial charge in [0, 0.05) is 52.2 Å². The van der Waals surface area contributed by atoms with Gasteiger partial charge in [-0.05, 0) is 124 Å². The number of carboxylic acids is 3. The van der Waals surface area contributed by atoms with E-state index in [1.807, 2.05) is 35.7 Å². The SMILES string of the molecule is CC(=O)O.Cc1ccc(-c2scc(CC(=O)c3nc4c(F)cccc4s3)c2C(=O)O)c(F)c1F.O=C(Cc1csc(-c2ccc(Cl)cc2)c1)c1nc2cccc(F)c2s1.O=C(Cc1csc(-c2ccc(Cl)cc2F)c1C(=O)O)c1nc2cccc(F)c2s1. The van der Waals surface area contributed by atoms with Crippen LogP contribution in [0, 0.1) is 41.8 Å². The number of halogens is 8. The van der Waals surface area contributed by atoms with Crippen molar-refractivity contribution in [2.45, 2.75) is 33.1 Å². The van der Waals surface area contributed by atoms with E-state index < -0.39 is 58.6 Å². The highest BCUT2D eigenvalue weighted by atomic mass is 35.5. The van der Waals surface area contributed by atoms with Gasteiger partial charge in [-0.25, -0.2) is 50.9 Å². The van der Waals surface area contributed by atoms with Crippen LogP contribution in [0.2, 0.25) is 10.0 Å². The molecule has 3 N–H and O–H groups in total. The highest BCUT2D eigenvalue weighted by Gasteiger charge is 2.28. The number of aryl methyl sites for hydroxylation is 1. The van der Waals surface area contributed by atoms with Gasteiger partial charge < -0.3 is 15.3 Å². The molecule has 0 radical (unpaired) electrons. The number of aliphatic carboxylic acids is 1. The minimum Gasteiger partial charge on any atom is -0.481 e. The minimum atomic E-state index is -1.36. The summed E-state index contributed by atoms with van der Waals surface area (Å²) in [6.07, 6.45) is -0.296. The van der Waals surface area contributed by atoms with Crippen LogP contribution < -0.4 is 0 Å². The lowest BCUT2D eigenvalue weighted by molar-refractivity contribution is -0.134. The third-order valence-electron chi connectivity index (χ3n) is 12.5. The monoisotopic (exact) mass is 1340 g/mol. The molecule has 12 nitrogen and oxygen atoms in total. The number of hydrogen-bond acceptors (Lipinski definition) is 15. The van der Waals surface area contributed by atoms with E-state index >= 15 is 0 Å². The molecule has 0 spiro atoms. The van der Waals surface area contributed by atoms with Crippen LogP contribution in [-0.4, -0.2) is 65.5 Å². The summed E-state index contributed by atoms with van der Waals surface area (Å²) in [7, 11) is 0. The second kappa shape index (κ2) is 27.8. The number of rotatable bonds is 14. The van der Waals surface area contributed by atoms with Crippen molar-refractivity contribution >= 4 is 157 Å². The van der Waals surface area contributed by atoms with E-state index in [2.05, 4.69) is 15.0 Å². The Bertz CT molecular complexity index is 4710. The lowest BCUT2D eigenvalue weighted by Crippen LogP contribution is -2.08. The topological polar surface area (TPSA) is 202 Å². The van der Waals surface area contributed by atoms with E-state index in [1.165, 1.54) is 72.3 Å². The molecular weight excluding hydrogens is 1310 g/mol. The molecule has 0 saturated heterocycles. The largest absolute Gasteiger partial charge is 0.481 e. The van der Waals surface area contributed by atoms with Crippen LogP contribution in [0.5, 0.6) is 0 Å². The fourth-order valence-electron chi connectivity index (χ4n) is 8.50. The number of aromatic nitrogens is 3. The number of thiazole rings is 3. The molecule has 12 rings (SSSR count). The second-order valence-corrected chi connectivity index (χ2v) is 25.3. The Morgan fingerprint density at radius 2 is 0.989 bits per heavy atom. The standard InChI is InChI=1S/C21H12F3NO3S2.C20H10ClF2NO3S2.C19H11ClFNOS2.C2H4O2/c1-9-5-6-11(17(24)16(9)23)19-15(21(27)28)10(8-29-19)7-13(26)20-25-18-12(22)3-2-4-14(18)30-20;21-10-4-5-11(13(23)7-10)17-16(20(26)27)9(8-28-17)6-15(25)19-24-14-3-1-2-12(22)18(14)29-19;20-13-6-4-12(5-7-13)17-9-11(10-24-17)8-16(23)19-22-15-3-1-2-14(21)18(15)25-19;1-2(3)4/h2-6,8H,7H2,1H3,(H,27,28);1-5,7-8H,6H2,(H,26,27);1-7,9-10H,8H2;1H3,(H,3,4). The average Bonchev–Trinajstić information content (AvgIpc) is 3.33. The van der Waals surface area contributed by atoms with Crippen LogP contribution in [0.15, 0.2) is 131 Å². The number of ketones is 3. The Hall–Kier alpha value is -8.33. The molecule has 0 unspecified atom stereocenters. The van der Waals surface area contributed by atoms with Crippen molar-refractivity contribution in [3.05, 3.63) is 225 Å². The number of carbonyl (C=O) groups excluding carboxylic acids is 3. The molecule has 6 aromatic heterocycles. The summed E-state index contributed by atoms with van der Waals surface area (Å²) in [5, 5.41) is 33.0. The molecule has 6 heterocycles. The number of benzene rings is 6. The molecule has 12 aromatic rings. The molecule has 0 saturated carbocycles. The number of thiophene rings is 3. The number of aromatic carboxylic acids is 2. The predicted octanol–water partition coefficient (Wildman–Crippen LogP) is 18.3. The van der Waals surface area contributed by atoms with Gasteiger partial charge in [-0.1, -0.05) is 65.7 Å². The first-order chi connectivity index (χ1) is 41.9. The molecule has 6 aromatic carbocycles. The highest BCUT2D eigenvalue weighted by Crippen LogP contribution is 2.39. The van der Waals surface area contributed by atoms with E-state index in [1.54, 1.807) is 35.6 Å². The van der Waals surface area contributed by atoms with Gasteiger partial charge in [-0.3, -0.25) is 19.2 Å². The van der Waals surface area contributed by atoms with Crippen LogP contribution in [0.1, 0.15) is 79.3 Å². The van der Waals surface area contributed by atoms with Crippen molar-refractivity contribution in [1.29, 1.82) is 0 Å². The fraction of sp³-hybridized carbons (Fsp3) is 0.0806. The van der Waals surface area contributed by atoms with Crippen LogP contribution in [-0.2, 0) is 24.1 Å². The summed E-state index contributed by atoms with van der Waals surface area (Å²) in [5.41, 5.74) is 2.99. The van der Waals surface area contributed by atoms with Gasteiger partial charge in [0.15, 0.2) is 44.0 Å². The van der Waals surface area contributed by atoms with E-state index in [0.717, 1.165) is 85.7 Å². The van der Waals surface area contributed by atoms with Gasteiger partial charge in [-0.2, -0.15) is 0 Å². The average molecular weight is 1350 g/mol. The molecule has 0 atom stereocenters. The van der Waals surface area contributed by atoms with Gasteiger partial charge in [-0.15, -0.1) is 68.0 Å². The maximum Gasteiger partial charge on any atom is 0.337 e. The zero-order valence-corrected chi connectivity index (χ0v) is 51.3. The molecule has 0 aliphatic rings. The number of para-hydroxylation sites is 1. The first-order valence-corrected chi connectivity index (χ1v) is 31.2. The summed E-state index contributed by atoms with van der Waals surface area (Å²) in [5.74, 6) is -8.68. The summed E-state index contributed by atoms with van der Waals surface area (Å²) in [4.78, 5) is 84.3. The molecule has 446 valence electrons. The van der Waals surface area contributed by atoms with E-state index in [4.69, 9.17) is 33.1 Å². The van der Waals surface area contributed by atoms with Gasteiger partial charge in [0.25, 0.3) is 5.97 Å². The molecule has 0 aliphatic carbocycles. The Balaban J connectivity index is 0.000000153. The van der Waals surface area contributed by atoms with Crippen molar-refractivity contribution < 1.29 is 70.4 Å². The van der Waals surface area contributed by atoms with Crippen molar-refractivity contribution in [2.24, 2.45) is 0 Å². The zero-order valence-electron chi connectivity index (χ0n) is 44.9. The number of carboxylic acid groups (broad SMARTS) is 3. The van der Waals surface area contributed by atoms with Crippen molar-refractivity contribution in [1.82, 2.24) is 15.0 Å². The quantitative estimate of drug-likeness (QED) is 0.0688. The number of carbonyl (C=O) groups is 6. The van der Waals surface area contributed by atoms with Gasteiger partial charge in [0.05, 0.1) is 46.0 Å². The molecule has 88 heavy (non-hydrogen) atoms. The van der Waals surface area contributed by atoms with Gasteiger partial charge >= 0.3 is 11.9 Å². The number of Topliss-reactive ketones (excluding diaryl/α,β-unsaturated/α-hetero) is 3. The Kier molecular flexibility index (Phi) is 20.3. The van der Waals surface area contributed by atoms with Gasteiger partial charge in [0.2, 0.25) is 0 Å². The zero-order chi connectivity index (χ0) is 63.2. The Morgan fingerprint density at radius 1 is 0.500 bits per heavy atom. The summed E-state index contributed by atoms with van der Waals surface area (Å²) in [6, 6.07) is 29.7. The first-order valence-electron chi connectivity index (χ1n) is 25.3. The van der Waals surface area contributed by atoms with Crippen LogP contribution >= 0.6 is 91.2 Å². The highest BCUT2D eigenvalue weighted by molar-refractivity contribution is 7.21. The third-order valence-corrected chi connectivity index (χ3v) is 19.5. The summed E-state index contributed by atoms with van der Waals surface area (Å²) >= 11 is 18.2. The molecule has 26 heteroatoms. The molecule has 0 aliphatic heterocycles. The number of nitrogens with zero attached hydrogens (tertiary/aromatic N) is 3. The Labute approximate surface area is 527 Å². The van der Waals surface area contributed by atoms with E-state index in [0.29, 0.717) is 30.5 Å². The molecular formula is C62H37Cl2F6N3O9S6. The molecule has 0 fully saturated rings. The van der Waals surface area contributed by atoms with Crippen LogP contribution in [0.3, 0.4) is 0 Å². The minimum absolute atomic E-state index is 0.0250. The summed E-state index contributed by atoms with van der Waals surface area (Å²) < 4.78 is 85.3. The van der Waals surface area contributed by atoms with Crippen LogP contribution in [0.4, 0.5) is 26.3 Å². The lowest BCUT2D eigenvalue weighted by atomic mass is 10.0. The van der Waals surface area contributed by atoms with E-state index in [9.17, 15) is 60.5 Å². The first kappa shape index (κ1) is 64.2. The van der Waals surface area contributed by atoms with Crippen molar-refractivity contribution in [3.8, 4) is 31.3 Å². The van der Waals surface area contributed by atoms with Crippen LogP contribution in [0.25, 0.3) is 62.0 Å². The smallest absolute Gasteiger partial charge is 0.337 e. The van der Waals surface area contributed by atoms with Gasteiger partial charge in [0.1, 0.15) is 28.8 Å². The number of hydrogen-bond donors (Lipinski definition) is 3. The molecule has 0 bridgehead atoms. The lowest BCUT2D eigenvalue weighted by Gasteiger charge is -2.06. The normalized spacial score (nSPS) is 10.9. The number of fused-ring (bicyclic) bond motifs is 3. The molecule has 0 amide bonds. The summed E-state index contributed by atoms with van der Waals surface area (Å²) in [6.45, 7) is 2.49. The second-order valence-electron chi connectivity index (χ2n) is 18.7. The maximum atomic E-state index is 14.4. The van der Waals surface area contributed by atoms with E-state index in [-0.39, 0.29) is 105 Å². The maximum absolute atomic E-state index is 14.4. The fourth-order valence-corrected chi connectivity index (χ4v) is 14.6. The third kappa shape index (κ3) is 14.6.